The molecule has 6 rings (SSSR count). The van der Waals surface area contributed by atoms with Gasteiger partial charge in [-0.15, -0.1) is 0 Å². The Balaban J connectivity index is 0.000000279. The first-order chi connectivity index (χ1) is 20.6. The van der Waals surface area contributed by atoms with Crippen LogP contribution in [-0.4, -0.2) is 70.2 Å². The van der Waals surface area contributed by atoms with Crippen LogP contribution in [0.15, 0.2) is 42.7 Å². The number of amides is 5. The number of hydrogen-bond donors (Lipinski definition) is 4. The number of carbonyl (C=O) groups excluding carboxylic acids is 3. The van der Waals surface area contributed by atoms with Gasteiger partial charge in [-0.1, -0.05) is 11.6 Å². The molecule has 230 valence electrons. The van der Waals surface area contributed by atoms with Crippen molar-refractivity contribution in [1.82, 2.24) is 35.9 Å². The number of aromatic nitrogens is 4. The van der Waals surface area contributed by atoms with E-state index in [-0.39, 0.29) is 28.7 Å². The molecule has 2 aliphatic heterocycles. The highest BCUT2D eigenvalue weighted by molar-refractivity contribution is 6.33. The molecule has 5 amide bonds. The summed E-state index contributed by atoms with van der Waals surface area (Å²) < 4.78 is 40.7. The second-order valence-corrected chi connectivity index (χ2v) is 10.9. The summed E-state index contributed by atoms with van der Waals surface area (Å²) in [7, 11) is 0. The minimum Gasteiger partial charge on any atom is -0.349 e. The lowest BCUT2D eigenvalue weighted by Crippen LogP contribution is -2.38. The van der Waals surface area contributed by atoms with Crippen LogP contribution in [0.5, 0.6) is 0 Å². The van der Waals surface area contributed by atoms with E-state index < -0.39 is 17.6 Å². The number of carbonyl (C=O) groups is 3. The Kier molecular flexibility index (Phi) is 9.08. The number of benzene rings is 1. The number of alkyl halides is 3. The number of aromatic amines is 1. The Morgan fingerprint density at radius 2 is 1.70 bits per heavy atom. The van der Waals surface area contributed by atoms with Gasteiger partial charge in [0.15, 0.2) is 5.82 Å². The predicted octanol–water partition coefficient (Wildman–Crippen LogP) is 4.01. The topological polar surface area (TPSA) is 140 Å². The zero-order chi connectivity index (χ0) is 30.6. The van der Waals surface area contributed by atoms with Crippen LogP contribution in [-0.2, 0) is 12.7 Å². The fraction of sp³-hybridized carbons (Fsp3) is 0.444. The summed E-state index contributed by atoms with van der Waals surface area (Å²) in [4.78, 5) is 38.5. The van der Waals surface area contributed by atoms with E-state index in [1.165, 1.54) is 0 Å². The first-order valence-corrected chi connectivity index (χ1v) is 14.3. The minimum absolute atomic E-state index is 0.00893. The van der Waals surface area contributed by atoms with Crippen molar-refractivity contribution in [3.05, 3.63) is 58.9 Å². The maximum atomic E-state index is 12.9. The van der Waals surface area contributed by atoms with Gasteiger partial charge < -0.3 is 16.0 Å². The fourth-order valence-electron chi connectivity index (χ4n) is 5.28. The smallest absolute Gasteiger partial charge is 0.349 e. The predicted molar refractivity (Wildman–Crippen MR) is 152 cm³/mol. The van der Waals surface area contributed by atoms with Gasteiger partial charge in [-0.3, -0.25) is 24.4 Å². The van der Waals surface area contributed by atoms with E-state index in [0.29, 0.717) is 44.5 Å². The van der Waals surface area contributed by atoms with Crippen molar-refractivity contribution in [3.63, 3.8) is 0 Å². The largest absolute Gasteiger partial charge is 0.416 e. The molecule has 0 spiro atoms. The number of nitrogens with zero attached hydrogens (tertiary/aromatic N) is 5. The van der Waals surface area contributed by atoms with E-state index in [1.54, 1.807) is 22.1 Å². The molecule has 0 bridgehead atoms. The number of hydrogen-bond acceptors (Lipinski definition) is 5. The molecule has 0 unspecified atom stereocenters. The quantitative estimate of drug-likeness (QED) is 0.329. The molecule has 43 heavy (non-hydrogen) atoms. The Hall–Kier alpha value is -4.27. The Morgan fingerprint density at radius 3 is 2.30 bits per heavy atom. The standard InChI is InChI=1S/C21H23ClF3N5O2.C6H8N4O/c22-17-6-3-14(21(23,24)25)11-16(17)19(31)27-15-4-1-13(2-5-15)12-29-9-7-18(28-29)30-10-8-26-20(30)32;11-6-7-3-4-10(6)5-1-2-8-9-5/h3,6-7,9,11,13,15H,1-2,4-5,8,10,12H2,(H,26,32)(H,27,31);1-2H,3-4H2,(H,7,11)(H,8,9). The molecule has 4 heterocycles. The van der Waals surface area contributed by atoms with Crippen molar-refractivity contribution in [3.8, 4) is 0 Å². The number of nitrogens with one attached hydrogen (secondary N) is 4. The van der Waals surface area contributed by atoms with Crippen LogP contribution in [0.2, 0.25) is 5.02 Å². The van der Waals surface area contributed by atoms with E-state index in [4.69, 9.17) is 11.6 Å². The second kappa shape index (κ2) is 12.9. The summed E-state index contributed by atoms with van der Waals surface area (Å²) in [5.74, 6) is 1.14. The third kappa shape index (κ3) is 7.39. The van der Waals surface area contributed by atoms with Gasteiger partial charge in [-0.25, -0.2) is 9.59 Å². The summed E-state index contributed by atoms with van der Waals surface area (Å²) in [5, 5.41) is 19.2. The van der Waals surface area contributed by atoms with Gasteiger partial charge in [-0.05, 0) is 49.8 Å². The Morgan fingerprint density at radius 1 is 1.00 bits per heavy atom. The monoisotopic (exact) mass is 621 g/mol. The lowest BCUT2D eigenvalue weighted by atomic mass is 9.86. The molecule has 1 aliphatic carbocycles. The van der Waals surface area contributed by atoms with E-state index >= 15 is 0 Å². The molecule has 1 aromatic carbocycles. The first kappa shape index (κ1) is 30.2. The molecule has 0 atom stereocenters. The number of urea groups is 2. The van der Waals surface area contributed by atoms with Gasteiger partial charge in [0.05, 0.1) is 22.3 Å². The van der Waals surface area contributed by atoms with Crippen molar-refractivity contribution in [2.24, 2.45) is 5.92 Å². The molecule has 2 saturated heterocycles. The zero-order valence-electron chi connectivity index (χ0n) is 23.0. The van der Waals surface area contributed by atoms with Gasteiger partial charge in [0, 0.05) is 57.1 Å². The highest BCUT2D eigenvalue weighted by Crippen LogP contribution is 2.32. The number of rotatable bonds is 6. The normalized spacial score (nSPS) is 20.4. The molecule has 3 aliphatic rings. The third-order valence-electron chi connectivity index (χ3n) is 7.56. The van der Waals surface area contributed by atoms with Crippen LogP contribution in [0.4, 0.5) is 34.4 Å². The highest BCUT2D eigenvalue weighted by atomic mass is 35.5. The van der Waals surface area contributed by atoms with Crippen LogP contribution in [0.25, 0.3) is 0 Å². The SMILES string of the molecule is O=C(NC1CCC(Cn2ccc(N3CCNC3=O)n2)CC1)c1cc(C(F)(F)F)ccc1Cl.O=C1NCCN1c1ccn[nH]1. The molecule has 3 aromatic rings. The third-order valence-corrected chi connectivity index (χ3v) is 7.89. The highest BCUT2D eigenvalue weighted by Gasteiger charge is 2.32. The molecule has 3 fully saturated rings. The number of H-pyrrole nitrogens is 1. The van der Waals surface area contributed by atoms with Crippen LogP contribution >= 0.6 is 11.6 Å². The zero-order valence-corrected chi connectivity index (χ0v) is 23.8. The van der Waals surface area contributed by atoms with E-state index in [9.17, 15) is 27.6 Å². The van der Waals surface area contributed by atoms with E-state index in [2.05, 4.69) is 31.2 Å². The Bertz CT molecular complexity index is 1440. The fourth-order valence-corrected chi connectivity index (χ4v) is 5.48. The van der Waals surface area contributed by atoms with Crippen molar-refractivity contribution in [1.29, 1.82) is 0 Å². The van der Waals surface area contributed by atoms with Crippen molar-refractivity contribution < 1.29 is 27.6 Å². The first-order valence-electron chi connectivity index (χ1n) is 13.9. The summed E-state index contributed by atoms with van der Waals surface area (Å²) in [6, 6.07) is 6.01. The van der Waals surface area contributed by atoms with Gasteiger partial charge in [0.25, 0.3) is 5.91 Å². The van der Waals surface area contributed by atoms with Crippen LogP contribution < -0.4 is 25.8 Å². The molecular weight excluding hydrogens is 591 g/mol. The summed E-state index contributed by atoms with van der Waals surface area (Å²) in [6.45, 7) is 3.32. The van der Waals surface area contributed by atoms with E-state index in [1.807, 2.05) is 16.9 Å². The van der Waals surface area contributed by atoms with E-state index in [0.717, 1.165) is 49.7 Å². The lowest BCUT2D eigenvalue weighted by molar-refractivity contribution is -0.137. The molecular formula is C27H31ClF3N9O3. The van der Waals surface area contributed by atoms with Crippen molar-refractivity contribution in [2.45, 2.75) is 44.4 Å². The van der Waals surface area contributed by atoms with Crippen molar-refractivity contribution in [2.75, 3.05) is 36.0 Å². The van der Waals surface area contributed by atoms with Gasteiger partial charge in [0.2, 0.25) is 0 Å². The molecule has 0 radical (unpaired) electrons. The van der Waals surface area contributed by atoms with Crippen LogP contribution in [0.1, 0.15) is 41.6 Å². The minimum atomic E-state index is -4.54. The average Bonchev–Trinajstić information content (AvgIpc) is 3.78. The lowest BCUT2D eigenvalue weighted by Gasteiger charge is -2.29. The number of halogens is 4. The molecule has 1 saturated carbocycles. The van der Waals surface area contributed by atoms with Crippen LogP contribution in [0.3, 0.4) is 0 Å². The van der Waals surface area contributed by atoms with Crippen LogP contribution in [0, 0.1) is 5.92 Å². The van der Waals surface area contributed by atoms with Gasteiger partial charge in [-0.2, -0.15) is 23.4 Å². The molecule has 2 aromatic heterocycles. The summed E-state index contributed by atoms with van der Waals surface area (Å²) >= 11 is 5.96. The molecule has 12 nitrogen and oxygen atoms in total. The Labute approximate surface area is 249 Å². The van der Waals surface area contributed by atoms with Gasteiger partial charge in [0.1, 0.15) is 5.82 Å². The average molecular weight is 622 g/mol. The van der Waals surface area contributed by atoms with Crippen molar-refractivity contribution >= 4 is 41.2 Å². The van der Waals surface area contributed by atoms with Gasteiger partial charge >= 0.3 is 18.2 Å². The summed E-state index contributed by atoms with van der Waals surface area (Å²) in [5.41, 5.74) is -1.07. The maximum Gasteiger partial charge on any atom is 0.416 e. The second-order valence-electron chi connectivity index (χ2n) is 10.5. The summed E-state index contributed by atoms with van der Waals surface area (Å²) in [6.07, 6.45) is 2.07. The number of anilines is 2. The maximum absolute atomic E-state index is 12.9. The molecule has 16 heteroatoms. The molecule has 4 N–H and O–H groups in total.